The lowest BCUT2D eigenvalue weighted by molar-refractivity contribution is 0.0891. The van der Waals surface area contributed by atoms with Crippen molar-refractivity contribution < 1.29 is 0 Å². The number of hydrogen-bond acceptors (Lipinski definition) is 0. The van der Waals surface area contributed by atoms with Crippen molar-refractivity contribution in [3.63, 3.8) is 0 Å². The standard InChI is InChI=1S/3C8H18.2C7H12.8C7H14/c1-7(2,3)8(4,5)6;1-6-7(2)8(3,4)5;1-6(2)8(5)7(3)4;1-7(4-5-7)6-2-3-6;1-5-4-7(5)6-2-3-6;2*1-6-4-7(2,3)5-6;2*1-6-4-5-7(6,2)3;2*1-5-4-6(2)7(5)3;1-3-7-4-6(2)5-7;1-3-7-5-4-6(7)2/h1-6H3;7H,6H2,1-5H3;6-8H,1-5H3;6H,2-5H2,1H3;5-7H,2-4H2,1H3;4*6H,4-5H2,1-3H3;2*5-7H,4H2,1-3H3;2*6-7H,3-5H2,1-2H3/t;;;;5-,7?;;;6-;;5-,6?,7?;;;/m....0..0.0.../s1. The second-order valence-corrected chi connectivity index (χ2v) is 44.0. The van der Waals surface area contributed by atoms with Gasteiger partial charge in [0.15, 0.2) is 0 Å². The summed E-state index contributed by atoms with van der Waals surface area (Å²) in [6, 6.07) is 0. The highest BCUT2D eigenvalue weighted by atomic mass is 14.5. The molecule has 0 heterocycles. The van der Waals surface area contributed by atoms with Crippen molar-refractivity contribution in [2.75, 3.05) is 0 Å². The fourth-order valence-corrected chi connectivity index (χ4v) is 15.5. The molecule has 12 aliphatic carbocycles. The van der Waals surface area contributed by atoms with Gasteiger partial charge >= 0.3 is 0 Å². The summed E-state index contributed by atoms with van der Waals surface area (Å²) < 4.78 is 0. The molecular formula is C94H190. The van der Waals surface area contributed by atoms with Gasteiger partial charge in [-0.3, -0.25) is 0 Å². The molecule has 0 saturated heterocycles. The zero-order valence-electron chi connectivity index (χ0n) is 73.7. The van der Waals surface area contributed by atoms with E-state index in [1.54, 1.807) is 19.3 Å². The van der Waals surface area contributed by atoms with Crippen LogP contribution in [0.1, 0.15) is 431 Å². The molecule has 0 bridgehead atoms. The van der Waals surface area contributed by atoms with Crippen LogP contribution in [0.25, 0.3) is 0 Å². The minimum absolute atomic E-state index is 0.437. The molecule has 12 rings (SSSR count). The molecule has 12 atom stereocenters. The molecular weight excluding hydrogens is 1130 g/mol. The van der Waals surface area contributed by atoms with E-state index in [-0.39, 0.29) is 0 Å². The minimum Gasteiger partial charge on any atom is -0.0651 e. The van der Waals surface area contributed by atoms with E-state index in [1.165, 1.54) is 147 Å². The SMILES string of the molecule is CC(C)(C)C(C)(C)C.CC(C)C(C)C(C)C.CC1(C2CC2)CC1.CC1CC(C)(C)C1.CC1CC(C)(C)C1.CC1CC(C)C1C.CC1CCC1(C)C.CC1C[C@H](C)C1C.CCC(C)C(C)(C)C.CCC1CC(C)C1.CCC1CCC1C.C[C@H]1CC1C1CC1.C[C@H]1CCC1(C)C. The highest BCUT2D eigenvalue weighted by Crippen LogP contribution is 2.61. The van der Waals surface area contributed by atoms with Crippen LogP contribution < -0.4 is 0 Å². The van der Waals surface area contributed by atoms with E-state index in [1.807, 2.05) is 0 Å². The van der Waals surface area contributed by atoms with E-state index in [4.69, 9.17) is 0 Å². The van der Waals surface area contributed by atoms with Crippen molar-refractivity contribution in [3.05, 3.63) is 0 Å². The van der Waals surface area contributed by atoms with Crippen LogP contribution in [0.3, 0.4) is 0 Å². The first-order chi connectivity index (χ1) is 42.5. The molecule has 12 saturated carbocycles. The van der Waals surface area contributed by atoms with Crippen molar-refractivity contribution in [2.45, 2.75) is 431 Å². The Morgan fingerprint density at radius 3 is 0.745 bits per heavy atom. The summed E-state index contributed by atoms with van der Waals surface area (Å²) in [6.07, 6.45) is 35.3. The summed E-state index contributed by atoms with van der Waals surface area (Å²) in [4.78, 5) is 0. The van der Waals surface area contributed by atoms with Gasteiger partial charge in [-0.25, -0.2) is 0 Å². The molecule has 12 fully saturated rings. The minimum atomic E-state index is 0.437. The van der Waals surface area contributed by atoms with Gasteiger partial charge < -0.3 is 0 Å². The van der Waals surface area contributed by atoms with Crippen LogP contribution in [-0.2, 0) is 0 Å². The average molecular weight is 1320 g/mol. The molecule has 0 radical (unpaired) electrons. The van der Waals surface area contributed by atoms with Crippen LogP contribution in [0, 0.1) is 174 Å². The summed E-state index contributed by atoms with van der Waals surface area (Å²) in [7, 11) is 0. The Balaban J connectivity index is 0.000000997. The van der Waals surface area contributed by atoms with Crippen molar-refractivity contribution in [1.29, 1.82) is 0 Å². The summed E-state index contributed by atoms with van der Waals surface area (Å²) in [5.74, 6) is 22.3. The molecule has 0 nitrogen and oxygen atoms in total. The predicted octanol–water partition coefficient (Wildman–Crippen LogP) is 32.6. The highest BCUT2D eigenvalue weighted by molar-refractivity contribution is 5.00. The van der Waals surface area contributed by atoms with Crippen LogP contribution in [0.4, 0.5) is 0 Å². The molecule has 0 N–H and O–H groups in total. The second kappa shape index (κ2) is 41.3. The Morgan fingerprint density at radius 2 is 0.713 bits per heavy atom. The Labute approximate surface area is 601 Å². The van der Waals surface area contributed by atoms with Crippen molar-refractivity contribution in [2.24, 2.45) is 174 Å². The van der Waals surface area contributed by atoms with Gasteiger partial charge in [-0.2, -0.15) is 0 Å². The van der Waals surface area contributed by atoms with Crippen LogP contribution in [-0.4, -0.2) is 0 Å². The van der Waals surface area contributed by atoms with E-state index in [0.717, 1.165) is 124 Å². The molecule has 0 heteroatoms. The lowest BCUT2D eigenvalue weighted by Crippen LogP contribution is -2.31. The van der Waals surface area contributed by atoms with Crippen LogP contribution in [0.15, 0.2) is 0 Å². The number of hydrogen-bond donors (Lipinski definition) is 0. The molecule has 0 spiro atoms. The van der Waals surface area contributed by atoms with E-state index in [0.29, 0.717) is 37.9 Å². The fraction of sp³-hybridized carbons (Fsp3) is 1.00. The Hall–Kier alpha value is 0. The van der Waals surface area contributed by atoms with Crippen molar-refractivity contribution >= 4 is 0 Å². The smallest absolute Gasteiger partial charge is 0.0297 e. The van der Waals surface area contributed by atoms with Gasteiger partial charge in [0.1, 0.15) is 0 Å². The third kappa shape index (κ3) is 38.3. The zero-order valence-corrected chi connectivity index (χ0v) is 73.7. The molecule has 12 aliphatic rings. The second-order valence-electron chi connectivity index (χ2n) is 44.0. The third-order valence-corrected chi connectivity index (χ3v) is 29.6. The van der Waals surface area contributed by atoms with Gasteiger partial charge in [-0.15, -0.1) is 0 Å². The third-order valence-electron chi connectivity index (χ3n) is 29.6. The number of rotatable bonds is 7. The van der Waals surface area contributed by atoms with Gasteiger partial charge in [0, 0.05) is 0 Å². The van der Waals surface area contributed by atoms with E-state index < -0.39 is 0 Å². The molecule has 0 aromatic carbocycles. The molecule has 94 heavy (non-hydrogen) atoms. The van der Waals surface area contributed by atoms with E-state index >= 15 is 0 Å². The van der Waals surface area contributed by atoms with Gasteiger partial charge in [0.2, 0.25) is 0 Å². The Morgan fingerprint density at radius 1 is 0.372 bits per heavy atom. The molecule has 0 aliphatic heterocycles. The fourth-order valence-electron chi connectivity index (χ4n) is 15.5. The monoisotopic (exact) mass is 1320 g/mol. The summed E-state index contributed by atoms with van der Waals surface area (Å²) >= 11 is 0. The maximum absolute atomic E-state index is 2.44. The maximum Gasteiger partial charge on any atom is -0.0297 e. The van der Waals surface area contributed by atoms with Gasteiger partial charge in [-0.1, -0.05) is 303 Å². The lowest BCUT2D eigenvalue weighted by Gasteiger charge is -2.42. The van der Waals surface area contributed by atoms with Gasteiger partial charge in [0.25, 0.3) is 0 Å². The van der Waals surface area contributed by atoms with Crippen molar-refractivity contribution in [1.82, 2.24) is 0 Å². The first-order valence-electron chi connectivity index (χ1n) is 42.5. The first kappa shape index (κ1) is 94.0. The summed E-state index contributed by atoms with van der Waals surface area (Å²) in [6.45, 7) is 92.7. The first-order valence-corrected chi connectivity index (χ1v) is 42.5. The maximum atomic E-state index is 2.44. The summed E-state index contributed by atoms with van der Waals surface area (Å²) in [5, 5.41) is 0. The molecule has 0 aromatic heterocycles. The van der Waals surface area contributed by atoms with E-state index in [2.05, 4.69) is 277 Å². The van der Waals surface area contributed by atoms with Gasteiger partial charge in [0.05, 0.1) is 0 Å². The normalized spacial score (nSPS) is 33.5. The van der Waals surface area contributed by atoms with Crippen LogP contribution >= 0.6 is 0 Å². The topological polar surface area (TPSA) is 0 Å². The average Bonchev–Trinajstić information content (AvgIpc) is 1.62. The quantitative estimate of drug-likeness (QED) is 0.238. The van der Waals surface area contributed by atoms with E-state index in [9.17, 15) is 0 Å². The van der Waals surface area contributed by atoms with Crippen LogP contribution in [0.2, 0.25) is 0 Å². The molecule has 566 valence electrons. The predicted molar refractivity (Wildman–Crippen MR) is 434 cm³/mol. The highest BCUT2D eigenvalue weighted by Gasteiger charge is 2.49. The van der Waals surface area contributed by atoms with Crippen molar-refractivity contribution in [3.8, 4) is 0 Å². The largest absolute Gasteiger partial charge is 0.0651 e. The van der Waals surface area contributed by atoms with Crippen LogP contribution in [0.5, 0.6) is 0 Å². The van der Waals surface area contributed by atoms with Gasteiger partial charge in [-0.05, 0) is 302 Å². The molecule has 9 unspecified atom stereocenters. The Bertz CT molecular complexity index is 1770. The molecule has 0 aromatic rings. The zero-order chi connectivity index (χ0) is 73.7. The summed E-state index contributed by atoms with van der Waals surface area (Å²) in [5.41, 5.74) is 4.99. The lowest BCUT2D eigenvalue weighted by atomic mass is 9.64. The Kier molecular flexibility index (Phi) is 41.3. The molecule has 0 amide bonds.